The molecule has 25 heavy (non-hydrogen) atoms. The summed E-state index contributed by atoms with van der Waals surface area (Å²) in [5.74, 6) is 0.555. The van der Waals surface area contributed by atoms with Gasteiger partial charge in [0.2, 0.25) is 0 Å². The zero-order chi connectivity index (χ0) is 18.1. The fraction of sp³-hybridized carbons (Fsp3) is 0.158. The topological polar surface area (TPSA) is 51.5 Å². The Hall–Kier alpha value is -2.07. The van der Waals surface area contributed by atoms with Gasteiger partial charge in [0.05, 0.1) is 0 Å². The number of benzene rings is 2. The number of hydrogen-bond acceptors (Lipinski definition) is 3. The number of hydrogen-bond donors (Lipinski definition) is 1. The normalized spacial score (nSPS) is 10.8. The molecule has 0 aliphatic heterocycles. The fourth-order valence-corrected chi connectivity index (χ4v) is 3.38. The van der Waals surface area contributed by atoms with Crippen LogP contribution in [0.4, 0.5) is 0 Å². The summed E-state index contributed by atoms with van der Waals surface area (Å²) in [6.45, 7) is 1.87. The van der Waals surface area contributed by atoms with E-state index in [0.29, 0.717) is 22.8 Å². The zero-order valence-corrected chi connectivity index (χ0v) is 16.2. The molecule has 0 saturated heterocycles. The summed E-state index contributed by atoms with van der Waals surface area (Å²) in [6.07, 6.45) is 0.330. The number of carbonyl (C=O) groups excluding carboxylic acids is 1. The molecular weight excluding hydrogens is 405 g/mol. The van der Waals surface area contributed by atoms with Crippen molar-refractivity contribution in [3.8, 4) is 5.75 Å². The van der Waals surface area contributed by atoms with Gasteiger partial charge in [-0.25, -0.2) is 0 Å². The molecule has 3 aromatic rings. The molecule has 0 amide bonds. The summed E-state index contributed by atoms with van der Waals surface area (Å²) in [6, 6.07) is 12.4. The summed E-state index contributed by atoms with van der Waals surface area (Å²) < 4.78 is 7.14. The van der Waals surface area contributed by atoms with Crippen LogP contribution in [0.1, 0.15) is 21.6 Å². The number of methoxy groups -OCH3 is 1. The van der Waals surface area contributed by atoms with E-state index in [1.165, 1.54) is 0 Å². The Labute approximate surface area is 158 Å². The van der Waals surface area contributed by atoms with Crippen LogP contribution in [-0.4, -0.2) is 42.9 Å². The van der Waals surface area contributed by atoms with Crippen molar-refractivity contribution in [2.75, 3.05) is 7.11 Å². The molecule has 1 N–H and O–H groups in total. The van der Waals surface area contributed by atoms with Crippen LogP contribution in [0.15, 0.2) is 42.5 Å². The molecule has 2 aromatic carbocycles. The first-order valence-electron chi connectivity index (χ1n) is 7.62. The average Bonchev–Trinajstić information content (AvgIpc) is 2.86. The van der Waals surface area contributed by atoms with Crippen molar-refractivity contribution in [1.82, 2.24) is 4.57 Å². The maximum absolute atomic E-state index is 13.1. The molecule has 0 saturated carbocycles. The zero-order valence-electron chi connectivity index (χ0n) is 13.7. The first kappa shape index (κ1) is 17.7. The van der Waals surface area contributed by atoms with Crippen molar-refractivity contribution in [3.63, 3.8) is 0 Å². The van der Waals surface area contributed by atoms with E-state index in [1.807, 2.05) is 25.1 Å². The van der Waals surface area contributed by atoms with Crippen molar-refractivity contribution < 1.29 is 14.6 Å². The van der Waals surface area contributed by atoms with Gasteiger partial charge in [-0.05, 0) is 0 Å². The van der Waals surface area contributed by atoms with E-state index >= 15 is 0 Å². The van der Waals surface area contributed by atoms with E-state index in [-0.39, 0.29) is 10.5 Å². The van der Waals surface area contributed by atoms with Gasteiger partial charge in [0.25, 0.3) is 0 Å². The number of fused-ring (bicyclic) bond motifs is 1. The van der Waals surface area contributed by atoms with E-state index in [1.54, 1.807) is 35.9 Å². The molecular formula is C19H16ClNO3Se. The fourth-order valence-electron chi connectivity index (χ4n) is 2.95. The Kier molecular flexibility index (Phi) is 5.00. The molecule has 1 aromatic heterocycles. The molecule has 0 spiro atoms. The summed E-state index contributed by atoms with van der Waals surface area (Å²) in [5, 5.41) is 11.2. The van der Waals surface area contributed by atoms with Gasteiger partial charge < -0.3 is 0 Å². The third-order valence-corrected chi connectivity index (χ3v) is 4.72. The molecule has 4 nitrogen and oxygen atoms in total. The van der Waals surface area contributed by atoms with Crippen molar-refractivity contribution >= 4 is 48.6 Å². The molecule has 3 rings (SSSR count). The van der Waals surface area contributed by atoms with Gasteiger partial charge in [-0.15, -0.1) is 0 Å². The van der Waals surface area contributed by atoms with E-state index in [9.17, 15) is 9.90 Å². The van der Waals surface area contributed by atoms with Gasteiger partial charge in [0.1, 0.15) is 0 Å². The number of halogens is 1. The maximum atomic E-state index is 13.1. The standard InChI is InChI=1S/C19H16ClNO3Se/c1-11-15(10-18(22)25)16-9-14(24-2)7-8-17(16)21(11)19(23)12-3-5-13(20)6-4-12/h3-9H,10H2,1-2H3,(H,22,25). The van der Waals surface area contributed by atoms with Gasteiger partial charge in [-0.2, -0.15) is 0 Å². The second-order valence-corrected chi connectivity index (χ2v) is 7.09. The van der Waals surface area contributed by atoms with E-state index in [0.717, 1.165) is 22.2 Å². The predicted octanol–water partition coefficient (Wildman–Crippen LogP) is 3.51. The van der Waals surface area contributed by atoms with Crippen LogP contribution in [0, 0.1) is 6.92 Å². The van der Waals surface area contributed by atoms with E-state index in [2.05, 4.69) is 15.6 Å². The quantitative estimate of drug-likeness (QED) is 0.657. The van der Waals surface area contributed by atoms with Crippen LogP contribution in [0.25, 0.3) is 10.9 Å². The number of rotatable bonds is 4. The third-order valence-electron chi connectivity index (χ3n) is 4.16. The molecule has 128 valence electrons. The summed E-state index contributed by atoms with van der Waals surface area (Å²) in [5.41, 5.74) is 2.98. The van der Waals surface area contributed by atoms with Crippen LogP contribution in [0.3, 0.4) is 0 Å². The number of carbonyl (C=O) groups is 1. The molecule has 6 heteroatoms. The minimum absolute atomic E-state index is 0.143. The van der Waals surface area contributed by atoms with Crippen molar-refractivity contribution in [3.05, 3.63) is 64.3 Å². The van der Waals surface area contributed by atoms with Crippen LogP contribution in [-0.2, 0) is 6.42 Å². The second-order valence-electron chi connectivity index (χ2n) is 5.67. The second kappa shape index (κ2) is 7.04. The molecule has 0 atom stereocenters. The number of aliphatic hydroxyl groups is 1. The van der Waals surface area contributed by atoms with Crippen LogP contribution in [0.5, 0.6) is 5.75 Å². The number of nitrogens with zero attached hydrogens (tertiary/aromatic N) is 1. The van der Waals surface area contributed by atoms with Gasteiger partial charge in [-0.3, -0.25) is 0 Å². The molecule has 1 heterocycles. The Morgan fingerprint density at radius 3 is 2.52 bits per heavy atom. The van der Waals surface area contributed by atoms with E-state index in [4.69, 9.17) is 16.3 Å². The summed E-state index contributed by atoms with van der Waals surface area (Å²) in [7, 11) is 1.60. The Balaban J connectivity index is 2.23. The number of aliphatic hydroxyl groups excluding tert-OH is 1. The van der Waals surface area contributed by atoms with Crippen molar-refractivity contribution in [1.29, 1.82) is 0 Å². The summed E-state index contributed by atoms with van der Waals surface area (Å²) >= 11 is 8.53. The summed E-state index contributed by atoms with van der Waals surface area (Å²) in [4.78, 5) is 13.1. The van der Waals surface area contributed by atoms with Crippen LogP contribution < -0.4 is 4.74 Å². The number of ether oxygens (including phenoxy) is 1. The molecule has 0 bridgehead atoms. The SMILES string of the molecule is COc1ccc2c(c1)c(CC(O)=[Se])c(C)n2C(=O)c1ccc(Cl)cc1. The molecule has 0 aliphatic carbocycles. The van der Waals surface area contributed by atoms with Gasteiger partial charge in [0.15, 0.2) is 0 Å². The van der Waals surface area contributed by atoms with Gasteiger partial charge in [0, 0.05) is 0 Å². The monoisotopic (exact) mass is 421 g/mol. The Morgan fingerprint density at radius 2 is 1.92 bits per heavy atom. The molecule has 0 unspecified atom stereocenters. The third kappa shape index (κ3) is 3.36. The van der Waals surface area contributed by atoms with Crippen LogP contribution in [0.2, 0.25) is 5.02 Å². The average molecular weight is 421 g/mol. The van der Waals surface area contributed by atoms with Crippen LogP contribution >= 0.6 is 11.6 Å². The number of aromatic nitrogens is 1. The van der Waals surface area contributed by atoms with E-state index < -0.39 is 0 Å². The predicted molar refractivity (Wildman–Crippen MR) is 101 cm³/mol. The first-order chi connectivity index (χ1) is 11.9. The Morgan fingerprint density at radius 1 is 1.24 bits per heavy atom. The van der Waals surface area contributed by atoms with Gasteiger partial charge >= 0.3 is 158 Å². The minimum atomic E-state index is -0.143. The molecule has 0 fully saturated rings. The first-order valence-corrected chi connectivity index (χ1v) is 8.86. The van der Waals surface area contributed by atoms with Gasteiger partial charge in [-0.1, -0.05) is 0 Å². The van der Waals surface area contributed by atoms with Crippen molar-refractivity contribution in [2.45, 2.75) is 13.3 Å². The molecule has 0 radical (unpaired) electrons. The van der Waals surface area contributed by atoms with Crippen molar-refractivity contribution in [2.24, 2.45) is 0 Å². The Bertz CT molecular complexity index is 976. The molecule has 0 aliphatic rings.